The van der Waals surface area contributed by atoms with Crippen LogP contribution in [0.1, 0.15) is 10.4 Å². The molecule has 0 saturated heterocycles. The Morgan fingerprint density at radius 1 is 1.47 bits per heavy atom. The molecule has 0 aliphatic carbocycles. The fraction of sp³-hybridized carbons (Fsp3) is 0.0833. The van der Waals surface area contributed by atoms with E-state index in [1.54, 1.807) is 13.1 Å². The molecule has 2 aromatic rings. The molecule has 0 saturated carbocycles. The molecule has 0 spiro atoms. The molecule has 1 aromatic heterocycles. The van der Waals surface area contributed by atoms with Gasteiger partial charge in [-0.25, -0.2) is 9.78 Å². The average Bonchev–Trinajstić information content (AvgIpc) is 2.36. The quantitative estimate of drug-likeness (QED) is 0.934. The summed E-state index contributed by atoms with van der Waals surface area (Å²) in [5.74, 6) is -1.26. The van der Waals surface area contributed by atoms with Crippen molar-refractivity contribution in [3.63, 3.8) is 0 Å². The van der Waals surface area contributed by atoms with Crippen LogP contribution >= 0.6 is 15.9 Å². The largest absolute Gasteiger partial charge is 0.478 e. The number of carbonyl (C=O) groups is 1. The molecule has 0 bridgehead atoms. The highest BCUT2D eigenvalue weighted by Crippen LogP contribution is 2.25. The minimum Gasteiger partial charge on any atom is -0.478 e. The summed E-state index contributed by atoms with van der Waals surface area (Å²) in [4.78, 5) is 26.6. The Labute approximate surface area is 116 Å². The zero-order valence-corrected chi connectivity index (χ0v) is 11.4. The topological polar surface area (TPSA) is 81.4 Å². The number of aromatic nitrogens is 2. The third-order valence-electron chi connectivity index (χ3n) is 2.36. The maximum atomic E-state index is 11.7. The number of benzene rings is 1. The number of nitrogens with zero attached hydrogens (tertiary/aromatic N) is 2. The fourth-order valence-corrected chi connectivity index (χ4v) is 1.77. The maximum Gasteiger partial charge on any atom is 0.339 e. The van der Waals surface area contributed by atoms with Crippen LogP contribution in [0.25, 0.3) is 0 Å². The monoisotopic (exact) mass is 324 g/mol. The van der Waals surface area contributed by atoms with E-state index in [2.05, 4.69) is 20.9 Å². The van der Waals surface area contributed by atoms with E-state index in [4.69, 9.17) is 9.84 Å². The normalized spacial score (nSPS) is 10.2. The van der Waals surface area contributed by atoms with E-state index in [0.29, 0.717) is 4.47 Å². The molecule has 0 atom stereocenters. The highest BCUT2D eigenvalue weighted by atomic mass is 79.9. The van der Waals surface area contributed by atoms with Crippen molar-refractivity contribution in [1.29, 1.82) is 0 Å². The Morgan fingerprint density at radius 2 is 2.21 bits per heavy atom. The highest BCUT2D eigenvalue weighted by molar-refractivity contribution is 9.10. The summed E-state index contributed by atoms with van der Waals surface area (Å²) in [6, 6.07) is 4.47. The van der Waals surface area contributed by atoms with Gasteiger partial charge in [0.15, 0.2) is 0 Å². The average molecular weight is 325 g/mol. The summed E-state index contributed by atoms with van der Waals surface area (Å²) >= 11 is 3.18. The molecule has 98 valence electrons. The second-order valence-corrected chi connectivity index (χ2v) is 4.61. The molecule has 1 aromatic carbocycles. The SMILES string of the molecule is Cn1ccnc(Oc2ccc(Br)cc2C(=O)O)c1=O. The van der Waals surface area contributed by atoms with Gasteiger partial charge in [-0.05, 0) is 18.2 Å². The molecule has 0 unspecified atom stereocenters. The molecule has 7 heteroatoms. The molecule has 6 nitrogen and oxygen atoms in total. The molecular weight excluding hydrogens is 316 g/mol. The number of rotatable bonds is 3. The van der Waals surface area contributed by atoms with Gasteiger partial charge in [0.05, 0.1) is 0 Å². The Morgan fingerprint density at radius 3 is 2.89 bits per heavy atom. The molecular formula is C12H9BrN2O4. The van der Waals surface area contributed by atoms with Crippen molar-refractivity contribution in [2.75, 3.05) is 0 Å². The number of hydrogen-bond donors (Lipinski definition) is 1. The van der Waals surface area contributed by atoms with Gasteiger partial charge in [-0.15, -0.1) is 0 Å². The van der Waals surface area contributed by atoms with E-state index in [1.807, 2.05) is 0 Å². The predicted octanol–water partition coefficient (Wildman–Crippen LogP) is 2.03. The number of hydrogen-bond acceptors (Lipinski definition) is 4. The minimum absolute atomic E-state index is 0.0536. The summed E-state index contributed by atoms with van der Waals surface area (Å²) in [5, 5.41) is 9.09. The lowest BCUT2D eigenvalue weighted by atomic mass is 10.2. The van der Waals surface area contributed by atoms with Crippen LogP contribution in [0.15, 0.2) is 39.9 Å². The van der Waals surface area contributed by atoms with Gasteiger partial charge >= 0.3 is 11.5 Å². The molecule has 1 N–H and O–H groups in total. The third kappa shape index (κ3) is 2.82. The van der Waals surface area contributed by atoms with Crippen LogP contribution < -0.4 is 10.3 Å². The molecule has 2 rings (SSSR count). The molecule has 0 aliphatic rings. The Balaban J connectivity index is 2.47. The van der Waals surface area contributed by atoms with E-state index < -0.39 is 11.5 Å². The van der Waals surface area contributed by atoms with Crippen LogP contribution in [0.2, 0.25) is 0 Å². The van der Waals surface area contributed by atoms with Crippen molar-refractivity contribution >= 4 is 21.9 Å². The number of aromatic carboxylic acids is 1. The van der Waals surface area contributed by atoms with E-state index in [-0.39, 0.29) is 17.2 Å². The van der Waals surface area contributed by atoms with Crippen molar-refractivity contribution < 1.29 is 14.6 Å². The van der Waals surface area contributed by atoms with Crippen molar-refractivity contribution in [2.24, 2.45) is 7.05 Å². The Kier molecular flexibility index (Phi) is 3.66. The van der Waals surface area contributed by atoms with E-state index in [9.17, 15) is 9.59 Å². The van der Waals surface area contributed by atoms with Crippen molar-refractivity contribution in [3.8, 4) is 11.6 Å². The molecule has 0 aliphatic heterocycles. The Bertz CT molecular complexity index is 696. The van der Waals surface area contributed by atoms with Crippen LogP contribution in [0.5, 0.6) is 11.6 Å². The van der Waals surface area contributed by atoms with Gasteiger partial charge in [0, 0.05) is 23.9 Å². The summed E-state index contributed by atoms with van der Waals surface area (Å²) in [7, 11) is 1.55. The standard InChI is InChI=1S/C12H9BrN2O4/c1-15-5-4-14-10(11(15)16)19-9-3-2-7(13)6-8(9)12(17)18/h2-6H,1H3,(H,17,18). The lowest BCUT2D eigenvalue weighted by molar-refractivity contribution is 0.0694. The van der Waals surface area contributed by atoms with Gasteiger partial charge in [-0.1, -0.05) is 15.9 Å². The van der Waals surface area contributed by atoms with Gasteiger partial charge in [-0.3, -0.25) is 4.79 Å². The summed E-state index contributed by atoms with van der Waals surface area (Å²) in [6.45, 7) is 0. The van der Waals surface area contributed by atoms with Crippen molar-refractivity contribution in [3.05, 3.63) is 51.0 Å². The predicted molar refractivity (Wildman–Crippen MR) is 70.7 cm³/mol. The smallest absolute Gasteiger partial charge is 0.339 e. The molecule has 0 radical (unpaired) electrons. The lowest BCUT2D eigenvalue weighted by Crippen LogP contribution is -2.18. The number of carboxylic acid groups (broad SMARTS) is 1. The first-order valence-corrected chi connectivity index (χ1v) is 6.00. The van der Waals surface area contributed by atoms with Crippen LogP contribution in [-0.4, -0.2) is 20.6 Å². The maximum absolute atomic E-state index is 11.7. The summed E-state index contributed by atoms with van der Waals surface area (Å²) < 4.78 is 7.19. The van der Waals surface area contributed by atoms with Gasteiger partial charge in [0.2, 0.25) is 0 Å². The lowest BCUT2D eigenvalue weighted by Gasteiger charge is -2.08. The molecule has 0 fully saturated rings. The number of aryl methyl sites for hydroxylation is 1. The minimum atomic E-state index is -1.15. The summed E-state index contributed by atoms with van der Waals surface area (Å²) in [5.41, 5.74) is -0.496. The van der Waals surface area contributed by atoms with Crippen molar-refractivity contribution in [1.82, 2.24) is 9.55 Å². The van der Waals surface area contributed by atoms with Crippen LogP contribution in [0.4, 0.5) is 0 Å². The summed E-state index contributed by atoms with van der Waals surface area (Å²) in [6.07, 6.45) is 2.88. The second-order valence-electron chi connectivity index (χ2n) is 3.70. The van der Waals surface area contributed by atoms with Gasteiger partial charge in [0.1, 0.15) is 11.3 Å². The van der Waals surface area contributed by atoms with Crippen molar-refractivity contribution in [2.45, 2.75) is 0 Å². The van der Waals surface area contributed by atoms with E-state index in [1.165, 1.54) is 29.1 Å². The van der Waals surface area contributed by atoms with Crippen LogP contribution in [0.3, 0.4) is 0 Å². The number of halogens is 1. The first-order valence-electron chi connectivity index (χ1n) is 5.21. The second kappa shape index (κ2) is 5.23. The fourth-order valence-electron chi connectivity index (χ4n) is 1.41. The third-order valence-corrected chi connectivity index (χ3v) is 2.86. The van der Waals surface area contributed by atoms with E-state index in [0.717, 1.165) is 0 Å². The van der Waals surface area contributed by atoms with Gasteiger partial charge < -0.3 is 14.4 Å². The zero-order valence-electron chi connectivity index (χ0n) is 9.83. The molecule has 0 amide bonds. The van der Waals surface area contributed by atoms with Crippen LogP contribution in [-0.2, 0) is 7.05 Å². The first kappa shape index (κ1) is 13.3. The van der Waals surface area contributed by atoms with Gasteiger partial charge in [-0.2, -0.15) is 0 Å². The molecule has 1 heterocycles. The van der Waals surface area contributed by atoms with Gasteiger partial charge in [0.25, 0.3) is 5.88 Å². The highest BCUT2D eigenvalue weighted by Gasteiger charge is 2.14. The van der Waals surface area contributed by atoms with E-state index >= 15 is 0 Å². The molecule has 19 heavy (non-hydrogen) atoms. The van der Waals surface area contributed by atoms with Crippen LogP contribution in [0, 0.1) is 0 Å². The first-order chi connectivity index (χ1) is 8.99. The Hall–Kier alpha value is -2.15. The number of ether oxygens (including phenoxy) is 1. The zero-order chi connectivity index (χ0) is 14.0. The number of carboxylic acids is 1.